The predicted molar refractivity (Wildman–Crippen MR) is 363 cm³/mol. The first-order valence-electron chi connectivity index (χ1n) is 33.6. The van der Waals surface area contributed by atoms with E-state index in [1.807, 2.05) is 96.9 Å². The number of hydrogen-bond donors (Lipinski definition) is 10. The van der Waals surface area contributed by atoms with Gasteiger partial charge in [0.2, 0.25) is 0 Å². The molecule has 89 heavy (non-hydrogen) atoms. The number of rotatable bonds is 21. The minimum absolute atomic E-state index is 0. The molecule has 9 unspecified atom stereocenters. The van der Waals surface area contributed by atoms with Gasteiger partial charge in [0.1, 0.15) is 42.7 Å². The topological polar surface area (TPSA) is 297 Å². The van der Waals surface area contributed by atoms with E-state index in [4.69, 9.17) is 0 Å². The molecule has 0 aromatic rings. The molecular weight excluding hydrogens is 1130 g/mol. The third-order valence-corrected chi connectivity index (χ3v) is 18.1. The van der Waals surface area contributed by atoms with Crippen molar-refractivity contribution in [3.8, 4) is 0 Å². The Morgan fingerprint density at radius 1 is 0.258 bits per heavy atom. The third kappa shape index (κ3) is 34.3. The molecule has 0 radical (unpaired) electrons. The summed E-state index contributed by atoms with van der Waals surface area (Å²) in [7, 11) is 0. The molecule has 0 aromatic carbocycles. The minimum Gasteiger partial charge on any atom is -0.385 e. The first-order valence-corrected chi connectivity index (χ1v) is 33.6. The van der Waals surface area contributed by atoms with E-state index in [0.29, 0.717) is 0 Å². The molecule has 9 atom stereocenters. The summed E-state index contributed by atoms with van der Waals surface area (Å²) in [4.78, 5) is 79.6. The fourth-order valence-corrected chi connectivity index (χ4v) is 11.5. The zero-order valence-electron chi connectivity index (χ0n) is 55.5. The van der Waals surface area contributed by atoms with Crippen molar-refractivity contribution in [2.75, 3.05) is 26.2 Å². The Balaban J connectivity index is -0.000000470. The lowest BCUT2D eigenvalue weighted by atomic mass is 9.78. The van der Waals surface area contributed by atoms with Crippen molar-refractivity contribution in [2.24, 2.45) is 71.0 Å². The molecule has 3 aliphatic heterocycles. The Morgan fingerprint density at radius 3 is 0.652 bits per heavy atom. The molecule has 3 saturated heterocycles. The maximum absolute atomic E-state index is 11.5. The predicted octanol–water partition coefficient (Wildman–Crippen LogP) is 10.8. The van der Waals surface area contributed by atoms with Crippen LogP contribution in [0, 0.1) is 71.0 Å². The zero-order chi connectivity index (χ0) is 64.7. The van der Waals surface area contributed by atoms with Crippen LogP contribution in [0.2, 0.25) is 0 Å². The van der Waals surface area contributed by atoms with Crippen LogP contribution in [0.15, 0.2) is 0 Å². The highest BCUT2D eigenvalue weighted by atomic mass is 16.3. The number of nitrogens with one attached hydrogen (secondary N) is 3. The Bertz CT molecular complexity index is 1720. The van der Waals surface area contributed by atoms with E-state index in [0.717, 1.165) is 110 Å². The lowest BCUT2D eigenvalue weighted by Crippen LogP contribution is -2.51. The summed E-state index contributed by atoms with van der Waals surface area (Å²) < 4.78 is 0. The largest absolute Gasteiger partial charge is 0.385 e. The van der Waals surface area contributed by atoms with Gasteiger partial charge in [-0.15, -0.1) is 0 Å². The molecule has 3 heterocycles. The molecule has 17 nitrogen and oxygen atoms in total. The van der Waals surface area contributed by atoms with Crippen molar-refractivity contribution in [2.45, 2.75) is 323 Å². The van der Waals surface area contributed by atoms with Crippen molar-refractivity contribution >= 4 is 40.5 Å². The summed E-state index contributed by atoms with van der Waals surface area (Å²) in [5.74, 6) is 0.800. The first kappa shape index (κ1) is 92.7. The van der Waals surface area contributed by atoms with Crippen molar-refractivity contribution in [1.82, 2.24) is 16.0 Å². The lowest BCUT2D eigenvalue weighted by Gasteiger charge is -2.31. The standard InChI is InChI=1S/2C11H20O2.C10H19NO2.C10H18O2.C9H17NO2.C9H16O2.C8H15NO2.4CH4/c2*1-8(2)10(12)11(13)9-6-4-3-5-7-9;1-7(2)9(12)10(13)8-5-3-4-6-11-8;1-7(2)9(11)10(12)8-5-3-4-6-8;1-6(2)8(11)9(12)7-4-3-5-10-7;1-6(2)8(10)9(11)7-4-3-5-7;1-5(2)7(10)8(11)6-3-9-4-6;;;;/h2*8-9,11,13H,3-7H2,1-2H3;7-8,10-11,13H,3-6H2,1-2H3;7-8,10,12H,3-6H2,1-2H3;6-7,9-10,12H,3-5H2,1-2H3;6-7,9,11H,3-5H2,1-2H3;5-6,8-9,11H,3-4H2,1-2H3;4*1H4. The maximum Gasteiger partial charge on any atom is 0.165 e. The second-order valence-corrected chi connectivity index (χ2v) is 27.7. The smallest absolute Gasteiger partial charge is 0.165 e. The van der Waals surface area contributed by atoms with E-state index in [-0.39, 0.29) is 153 Å². The van der Waals surface area contributed by atoms with Crippen molar-refractivity contribution < 1.29 is 69.3 Å². The van der Waals surface area contributed by atoms with Crippen molar-refractivity contribution in [3.05, 3.63) is 0 Å². The van der Waals surface area contributed by atoms with Crippen LogP contribution in [0.3, 0.4) is 0 Å². The van der Waals surface area contributed by atoms with Gasteiger partial charge in [0.15, 0.2) is 40.5 Å². The highest BCUT2D eigenvalue weighted by Gasteiger charge is 2.35. The number of aliphatic hydroxyl groups excluding tert-OH is 7. The molecule has 7 fully saturated rings. The molecule has 0 bridgehead atoms. The van der Waals surface area contributed by atoms with Crippen LogP contribution in [0.4, 0.5) is 0 Å². The van der Waals surface area contributed by atoms with Crippen LogP contribution < -0.4 is 16.0 Å². The summed E-state index contributed by atoms with van der Waals surface area (Å²) in [6, 6.07) is -0.0106. The maximum atomic E-state index is 11.5. The number of piperidine rings is 1. The molecule has 7 aliphatic rings. The Hall–Kier alpha value is -2.71. The molecule has 4 aliphatic carbocycles. The van der Waals surface area contributed by atoms with Gasteiger partial charge in [-0.05, 0) is 114 Å². The molecule has 0 aromatic heterocycles. The van der Waals surface area contributed by atoms with Gasteiger partial charge in [0.25, 0.3) is 0 Å². The van der Waals surface area contributed by atoms with Gasteiger partial charge in [-0.25, -0.2) is 0 Å². The summed E-state index contributed by atoms with van der Waals surface area (Å²) in [6.07, 6.45) is 19.0. The van der Waals surface area contributed by atoms with E-state index >= 15 is 0 Å². The minimum atomic E-state index is -0.805. The van der Waals surface area contributed by atoms with Gasteiger partial charge in [-0.3, -0.25) is 33.6 Å². The third-order valence-electron chi connectivity index (χ3n) is 18.1. The number of hydrogen-bond acceptors (Lipinski definition) is 17. The highest BCUT2D eigenvalue weighted by Crippen LogP contribution is 2.32. The molecule has 0 spiro atoms. The quantitative estimate of drug-likeness (QED) is 0.0511. The summed E-state index contributed by atoms with van der Waals surface area (Å²) in [6.45, 7) is 29.1. The van der Waals surface area contributed by atoms with Crippen molar-refractivity contribution in [1.29, 1.82) is 0 Å². The van der Waals surface area contributed by atoms with E-state index in [9.17, 15) is 69.3 Å². The Morgan fingerprint density at radius 2 is 0.461 bits per heavy atom. The molecule has 0 amide bonds. The normalized spacial score (nSPS) is 21.9. The molecule has 10 N–H and O–H groups in total. The van der Waals surface area contributed by atoms with Crippen LogP contribution in [0.25, 0.3) is 0 Å². The SMILES string of the molecule is C.C.C.C.CC(C)C(=O)C(O)C1CCC1.CC(C)C(=O)C(O)C1CCCC1.CC(C)C(=O)C(O)C1CCCCC1.CC(C)C(=O)C(O)C1CCCCC1.CC(C)C(=O)C(O)C1CCCCN1.CC(C)C(=O)C(O)C1CCCN1.CC(C)C(=O)C(O)C1CNC1. The van der Waals surface area contributed by atoms with Gasteiger partial charge in [-0.1, -0.05) is 191 Å². The first-order chi connectivity index (χ1) is 39.9. The fraction of sp³-hybridized carbons (Fsp3) is 0.903. The van der Waals surface area contributed by atoms with Gasteiger partial charge in [-0.2, -0.15) is 0 Å². The second-order valence-electron chi connectivity index (χ2n) is 27.7. The van der Waals surface area contributed by atoms with Gasteiger partial charge in [0.05, 0.1) is 0 Å². The average Bonchev–Trinajstić information content (AvgIpc) is 4.04. The number of aliphatic hydroxyl groups is 7. The molecule has 17 heteroatoms. The fourth-order valence-electron chi connectivity index (χ4n) is 11.5. The van der Waals surface area contributed by atoms with Crippen molar-refractivity contribution in [3.63, 3.8) is 0 Å². The zero-order valence-corrected chi connectivity index (χ0v) is 55.5. The lowest BCUT2D eigenvalue weighted by molar-refractivity contribution is -0.135. The van der Waals surface area contributed by atoms with Crippen LogP contribution in [-0.2, 0) is 33.6 Å². The Labute approximate surface area is 543 Å². The van der Waals surface area contributed by atoms with Crippen LogP contribution in [0.5, 0.6) is 0 Å². The monoisotopic (exact) mass is 1270 g/mol. The Kier molecular flexibility index (Phi) is 51.9. The summed E-state index contributed by atoms with van der Waals surface area (Å²) in [5, 5.41) is 76.6. The number of carbonyl (C=O) groups is 7. The number of ketones is 7. The van der Waals surface area contributed by atoms with E-state index < -0.39 is 42.7 Å². The van der Waals surface area contributed by atoms with Gasteiger partial charge in [0, 0.05) is 72.5 Å². The molecule has 7 rings (SSSR count). The highest BCUT2D eigenvalue weighted by molar-refractivity contribution is 5.87. The molecule has 528 valence electrons. The second kappa shape index (κ2) is 49.8. The van der Waals surface area contributed by atoms with Gasteiger partial charge < -0.3 is 51.7 Å². The van der Waals surface area contributed by atoms with E-state index in [1.165, 1.54) is 57.8 Å². The molecular formula is C72H141N3O14. The molecule has 4 saturated carbocycles. The van der Waals surface area contributed by atoms with E-state index in [1.54, 1.807) is 0 Å². The van der Waals surface area contributed by atoms with Crippen LogP contribution >= 0.6 is 0 Å². The number of carbonyl (C=O) groups excluding carboxylic acids is 7. The van der Waals surface area contributed by atoms with Crippen LogP contribution in [0.1, 0.15) is 268 Å². The average molecular weight is 1270 g/mol. The number of Topliss-reactive ketones (excluding diaryl/α,β-unsaturated/α-hetero) is 7. The van der Waals surface area contributed by atoms with Gasteiger partial charge >= 0.3 is 0 Å². The van der Waals surface area contributed by atoms with Crippen LogP contribution in [-0.4, -0.2) is 157 Å². The summed E-state index contributed by atoms with van der Waals surface area (Å²) in [5.41, 5.74) is 0. The summed E-state index contributed by atoms with van der Waals surface area (Å²) >= 11 is 0. The van der Waals surface area contributed by atoms with E-state index in [2.05, 4.69) is 16.0 Å².